The van der Waals surface area contributed by atoms with Crippen molar-refractivity contribution in [2.75, 3.05) is 13.2 Å². The van der Waals surface area contributed by atoms with Crippen molar-refractivity contribution in [1.29, 1.82) is 0 Å². The first kappa shape index (κ1) is 26.9. The fourth-order valence-electron chi connectivity index (χ4n) is 2.97. The summed E-state index contributed by atoms with van der Waals surface area (Å²) in [5, 5.41) is 0. The molecule has 0 aromatic heterocycles. The largest absolute Gasteiger partial charge is 0.465 e. The number of esters is 2. The maximum atomic E-state index is 12.6. The lowest BCUT2D eigenvalue weighted by atomic mass is 9.68. The third kappa shape index (κ3) is 9.93. The molecule has 0 spiro atoms. The second-order valence-electron chi connectivity index (χ2n) is 9.06. The van der Waals surface area contributed by atoms with Crippen molar-refractivity contribution < 1.29 is 19.1 Å². The quantitative estimate of drug-likeness (QED) is 0.199. The fraction of sp³-hybridized carbons (Fsp3) is 0.917. The summed E-state index contributed by atoms with van der Waals surface area (Å²) >= 11 is 0. The van der Waals surface area contributed by atoms with Gasteiger partial charge in [0.05, 0.1) is 24.0 Å². The Balaban J connectivity index is 4.24. The van der Waals surface area contributed by atoms with Crippen LogP contribution >= 0.6 is 0 Å². The van der Waals surface area contributed by atoms with Crippen molar-refractivity contribution in [1.82, 2.24) is 0 Å². The van der Waals surface area contributed by atoms with E-state index >= 15 is 0 Å². The number of rotatable bonds is 17. The number of hydrogen-bond donors (Lipinski definition) is 0. The maximum absolute atomic E-state index is 12.6. The summed E-state index contributed by atoms with van der Waals surface area (Å²) in [5.74, 6) is -0.634. The molecule has 0 saturated heterocycles. The van der Waals surface area contributed by atoms with Gasteiger partial charge in [0.1, 0.15) is 0 Å². The highest BCUT2D eigenvalue weighted by atomic mass is 16.5. The molecule has 0 aromatic carbocycles. The molecule has 28 heavy (non-hydrogen) atoms. The summed E-state index contributed by atoms with van der Waals surface area (Å²) in [4.78, 5) is 25.2. The third-order valence-electron chi connectivity index (χ3n) is 6.05. The van der Waals surface area contributed by atoms with Gasteiger partial charge in [-0.1, -0.05) is 78.1 Å². The first-order valence-corrected chi connectivity index (χ1v) is 11.6. The zero-order valence-corrected chi connectivity index (χ0v) is 19.5. The van der Waals surface area contributed by atoms with Gasteiger partial charge < -0.3 is 9.47 Å². The molecule has 4 heteroatoms. The van der Waals surface area contributed by atoms with Gasteiger partial charge in [0, 0.05) is 0 Å². The molecular weight excluding hydrogens is 352 g/mol. The van der Waals surface area contributed by atoms with E-state index in [2.05, 4.69) is 13.8 Å². The Kier molecular flexibility index (Phi) is 14.3. The van der Waals surface area contributed by atoms with Crippen molar-refractivity contribution in [2.45, 2.75) is 119 Å². The molecule has 0 saturated carbocycles. The monoisotopic (exact) mass is 398 g/mol. The number of ether oxygens (including phenoxy) is 2. The minimum absolute atomic E-state index is 0.317. The molecule has 0 radical (unpaired) electrons. The molecule has 0 aliphatic heterocycles. The van der Waals surface area contributed by atoms with Gasteiger partial charge in [-0.05, 0) is 40.5 Å². The normalized spacial score (nSPS) is 12.1. The highest BCUT2D eigenvalue weighted by Crippen LogP contribution is 2.40. The average molecular weight is 399 g/mol. The van der Waals surface area contributed by atoms with Crippen LogP contribution in [0.4, 0.5) is 0 Å². The van der Waals surface area contributed by atoms with Gasteiger partial charge in [-0.25, -0.2) is 0 Å². The fourth-order valence-corrected chi connectivity index (χ4v) is 2.97. The Morgan fingerprint density at radius 3 is 1.14 bits per heavy atom. The topological polar surface area (TPSA) is 52.6 Å². The van der Waals surface area contributed by atoms with Gasteiger partial charge in [-0.15, -0.1) is 0 Å². The summed E-state index contributed by atoms with van der Waals surface area (Å²) in [5.41, 5.74) is -1.85. The molecule has 0 aliphatic carbocycles. The molecule has 0 fully saturated rings. The van der Waals surface area contributed by atoms with Crippen LogP contribution in [-0.4, -0.2) is 25.2 Å². The minimum atomic E-state index is -0.923. The van der Waals surface area contributed by atoms with E-state index in [1.54, 1.807) is 27.7 Å². The van der Waals surface area contributed by atoms with E-state index in [1.165, 1.54) is 51.4 Å². The Morgan fingerprint density at radius 1 is 0.536 bits per heavy atom. The summed E-state index contributed by atoms with van der Waals surface area (Å²) < 4.78 is 11.0. The van der Waals surface area contributed by atoms with Crippen molar-refractivity contribution >= 4 is 11.9 Å². The summed E-state index contributed by atoms with van der Waals surface area (Å²) in [7, 11) is 0. The van der Waals surface area contributed by atoms with Crippen LogP contribution < -0.4 is 0 Å². The standard InChI is InChI=1S/C24H46O4/c1-7-9-11-13-15-17-19-27-21(25)23(3,4)24(5,6)22(26)28-20-18-16-14-12-10-8-2/h7-20H2,1-6H3. The van der Waals surface area contributed by atoms with Crippen LogP contribution in [0.1, 0.15) is 119 Å². The molecule has 0 bridgehead atoms. The first-order chi connectivity index (χ1) is 13.2. The molecular formula is C24H46O4. The average Bonchev–Trinajstić information content (AvgIpc) is 2.65. The van der Waals surface area contributed by atoms with Gasteiger partial charge in [-0.3, -0.25) is 9.59 Å². The Bertz CT molecular complexity index is 386. The van der Waals surface area contributed by atoms with Gasteiger partial charge in [0.25, 0.3) is 0 Å². The zero-order valence-electron chi connectivity index (χ0n) is 19.5. The van der Waals surface area contributed by atoms with E-state index in [9.17, 15) is 9.59 Å². The maximum Gasteiger partial charge on any atom is 0.312 e. The SMILES string of the molecule is CCCCCCCCOC(=O)C(C)(C)C(C)(C)C(=O)OCCCCCCCC. The van der Waals surface area contributed by atoms with Crippen molar-refractivity contribution in [3.05, 3.63) is 0 Å². The Morgan fingerprint density at radius 2 is 0.821 bits per heavy atom. The predicted molar refractivity (Wildman–Crippen MR) is 116 cm³/mol. The molecule has 0 atom stereocenters. The summed E-state index contributed by atoms with van der Waals surface area (Å²) in [6.45, 7) is 12.4. The van der Waals surface area contributed by atoms with Crippen LogP contribution in [0, 0.1) is 10.8 Å². The Hall–Kier alpha value is -1.06. The van der Waals surface area contributed by atoms with Crippen LogP contribution in [-0.2, 0) is 19.1 Å². The zero-order chi connectivity index (χ0) is 21.5. The minimum Gasteiger partial charge on any atom is -0.465 e. The number of carbonyl (C=O) groups excluding carboxylic acids is 2. The number of carbonyl (C=O) groups is 2. The van der Waals surface area contributed by atoms with Crippen molar-refractivity contribution in [3.63, 3.8) is 0 Å². The van der Waals surface area contributed by atoms with Gasteiger partial charge >= 0.3 is 11.9 Å². The van der Waals surface area contributed by atoms with Crippen LogP contribution in [0.25, 0.3) is 0 Å². The molecule has 166 valence electrons. The highest BCUT2D eigenvalue weighted by molar-refractivity contribution is 5.87. The van der Waals surface area contributed by atoms with Crippen LogP contribution in [0.3, 0.4) is 0 Å². The molecule has 0 N–H and O–H groups in total. The highest BCUT2D eigenvalue weighted by Gasteiger charge is 2.50. The first-order valence-electron chi connectivity index (χ1n) is 11.6. The lowest BCUT2D eigenvalue weighted by Gasteiger charge is -2.37. The molecule has 4 nitrogen and oxygen atoms in total. The van der Waals surface area contributed by atoms with Crippen molar-refractivity contribution in [3.8, 4) is 0 Å². The van der Waals surface area contributed by atoms with Gasteiger partial charge in [0.2, 0.25) is 0 Å². The van der Waals surface area contributed by atoms with Gasteiger partial charge in [-0.2, -0.15) is 0 Å². The molecule has 0 unspecified atom stereocenters. The van der Waals surface area contributed by atoms with Crippen LogP contribution in [0.15, 0.2) is 0 Å². The van der Waals surface area contributed by atoms with E-state index < -0.39 is 10.8 Å². The third-order valence-corrected chi connectivity index (χ3v) is 6.05. The number of unbranched alkanes of at least 4 members (excludes halogenated alkanes) is 10. The van der Waals surface area contributed by atoms with E-state index in [-0.39, 0.29) is 11.9 Å². The summed E-state index contributed by atoms with van der Waals surface area (Å²) in [6, 6.07) is 0. The molecule has 0 aliphatic rings. The predicted octanol–water partition coefficient (Wildman–Crippen LogP) is 6.85. The molecule has 0 heterocycles. The van der Waals surface area contributed by atoms with Gasteiger partial charge in [0.15, 0.2) is 0 Å². The van der Waals surface area contributed by atoms with E-state index in [4.69, 9.17) is 9.47 Å². The van der Waals surface area contributed by atoms with Crippen LogP contribution in [0.2, 0.25) is 0 Å². The molecule has 0 amide bonds. The molecule has 0 aromatic rings. The summed E-state index contributed by atoms with van der Waals surface area (Å²) in [6.07, 6.45) is 13.8. The molecule has 0 rings (SSSR count). The Labute approximate surface area is 174 Å². The van der Waals surface area contributed by atoms with Crippen molar-refractivity contribution in [2.24, 2.45) is 10.8 Å². The number of hydrogen-bond acceptors (Lipinski definition) is 4. The lowest BCUT2D eigenvalue weighted by Crippen LogP contribution is -2.46. The van der Waals surface area contributed by atoms with E-state index in [0.29, 0.717) is 13.2 Å². The van der Waals surface area contributed by atoms with E-state index in [0.717, 1.165) is 25.7 Å². The van der Waals surface area contributed by atoms with E-state index in [1.807, 2.05) is 0 Å². The second kappa shape index (κ2) is 14.9. The smallest absolute Gasteiger partial charge is 0.312 e. The lowest BCUT2D eigenvalue weighted by molar-refractivity contribution is -0.175. The van der Waals surface area contributed by atoms with Crippen LogP contribution in [0.5, 0.6) is 0 Å². The second-order valence-corrected chi connectivity index (χ2v) is 9.06.